The van der Waals surface area contributed by atoms with E-state index in [1.807, 2.05) is 25.1 Å². The second kappa shape index (κ2) is 10.2. The monoisotopic (exact) mass is 487 g/mol. The first-order valence-electron chi connectivity index (χ1n) is 11.1. The van der Waals surface area contributed by atoms with Crippen molar-refractivity contribution in [3.05, 3.63) is 44.6 Å². The molecular formula is C24H29N3O4S2. The van der Waals surface area contributed by atoms with Gasteiger partial charge < -0.3 is 14.8 Å². The van der Waals surface area contributed by atoms with Crippen molar-refractivity contribution in [2.75, 3.05) is 20.0 Å². The number of nitrogens with one attached hydrogen (secondary N) is 1. The molecule has 33 heavy (non-hydrogen) atoms. The number of methoxy groups -OCH3 is 2. The Morgan fingerprint density at radius 3 is 2.82 bits per heavy atom. The van der Waals surface area contributed by atoms with Gasteiger partial charge in [0.25, 0.3) is 5.56 Å². The van der Waals surface area contributed by atoms with Crippen LogP contribution in [0.4, 0.5) is 0 Å². The second-order valence-electron chi connectivity index (χ2n) is 8.23. The summed E-state index contributed by atoms with van der Waals surface area (Å²) >= 11 is 2.94. The minimum Gasteiger partial charge on any atom is -0.493 e. The van der Waals surface area contributed by atoms with E-state index in [2.05, 4.69) is 12.2 Å². The van der Waals surface area contributed by atoms with Gasteiger partial charge in [-0.1, -0.05) is 24.8 Å². The number of hydrogen-bond acceptors (Lipinski definition) is 7. The Morgan fingerprint density at radius 2 is 2.09 bits per heavy atom. The van der Waals surface area contributed by atoms with Crippen molar-refractivity contribution in [2.24, 2.45) is 5.92 Å². The van der Waals surface area contributed by atoms with Gasteiger partial charge in [-0.25, -0.2) is 4.98 Å². The lowest BCUT2D eigenvalue weighted by molar-refractivity contribution is -0.118. The number of carbonyl (C=O) groups is 1. The number of aryl methyl sites for hydroxylation is 1. The molecule has 4 rings (SSSR count). The van der Waals surface area contributed by atoms with Gasteiger partial charge in [0.05, 0.1) is 25.4 Å². The molecule has 2 heterocycles. The summed E-state index contributed by atoms with van der Waals surface area (Å²) in [5.41, 5.74) is 2.12. The average Bonchev–Trinajstić information content (AvgIpc) is 3.18. The molecule has 1 amide bonds. The molecule has 0 bridgehead atoms. The van der Waals surface area contributed by atoms with Crippen LogP contribution in [0, 0.1) is 5.92 Å². The first-order chi connectivity index (χ1) is 15.9. The fourth-order valence-electron chi connectivity index (χ4n) is 4.17. The fourth-order valence-corrected chi connectivity index (χ4v) is 6.48. The van der Waals surface area contributed by atoms with Crippen molar-refractivity contribution >= 4 is 39.2 Å². The fraction of sp³-hybridized carbons (Fsp3) is 0.458. The van der Waals surface area contributed by atoms with E-state index < -0.39 is 0 Å². The molecule has 176 valence electrons. The number of rotatable bonds is 8. The maximum atomic E-state index is 13.3. The molecule has 2 aromatic heterocycles. The minimum atomic E-state index is -0.119. The highest BCUT2D eigenvalue weighted by molar-refractivity contribution is 7.99. The highest BCUT2D eigenvalue weighted by Gasteiger charge is 2.24. The van der Waals surface area contributed by atoms with Crippen molar-refractivity contribution in [1.29, 1.82) is 0 Å². The van der Waals surface area contributed by atoms with Crippen molar-refractivity contribution < 1.29 is 14.3 Å². The van der Waals surface area contributed by atoms with Gasteiger partial charge in [0.1, 0.15) is 4.83 Å². The van der Waals surface area contributed by atoms with Crippen molar-refractivity contribution in [2.45, 2.75) is 51.4 Å². The third-order valence-electron chi connectivity index (χ3n) is 5.97. The molecule has 0 fully saturated rings. The lowest BCUT2D eigenvalue weighted by Gasteiger charge is -2.17. The Kier molecular flexibility index (Phi) is 7.29. The molecule has 0 aliphatic heterocycles. The lowest BCUT2D eigenvalue weighted by atomic mass is 9.89. The van der Waals surface area contributed by atoms with Crippen LogP contribution in [0.1, 0.15) is 36.3 Å². The molecule has 9 heteroatoms. The minimum absolute atomic E-state index is 0.0165. The van der Waals surface area contributed by atoms with Crippen LogP contribution in [0.25, 0.3) is 10.2 Å². The summed E-state index contributed by atoms with van der Waals surface area (Å²) in [5.74, 6) is 1.98. The molecule has 3 aromatic rings. The predicted octanol–water partition coefficient (Wildman–Crippen LogP) is 4.03. The van der Waals surface area contributed by atoms with Crippen LogP contribution < -0.4 is 20.3 Å². The normalized spacial score (nSPS) is 15.3. The first-order valence-corrected chi connectivity index (χ1v) is 12.9. The van der Waals surface area contributed by atoms with Crippen molar-refractivity contribution in [3.8, 4) is 11.5 Å². The number of thiophene rings is 1. The maximum Gasteiger partial charge on any atom is 0.263 e. The number of aromatic nitrogens is 2. The molecule has 1 aliphatic carbocycles. The van der Waals surface area contributed by atoms with E-state index in [4.69, 9.17) is 14.5 Å². The van der Waals surface area contributed by atoms with Crippen LogP contribution in [-0.4, -0.2) is 35.4 Å². The van der Waals surface area contributed by atoms with Gasteiger partial charge in [0, 0.05) is 18.0 Å². The highest BCUT2D eigenvalue weighted by Crippen LogP contribution is 2.36. The van der Waals surface area contributed by atoms with E-state index in [9.17, 15) is 9.59 Å². The predicted molar refractivity (Wildman–Crippen MR) is 133 cm³/mol. The Balaban J connectivity index is 1.46. The number of amides is 1. The van der Waals surface area contributed by atoms with Gasteiger partial charge in [-0.3, -0.25) is 14.2 Å². The summed E-state index contributed by atoms with van der Waals surface area (Å²) in [6.07, 6.45) is 3.08. The number of thioether (sulfide) groups is 1. The van der Waals surface area contributed by atoms with Crippen molar-refractivity contribution in [1.82, 2.24) is 14.9 Å². The highest BCUT2D eigenvalue weighted by atomic mass is 32.2. The molecule has 1 aromatic carbocycles. The zero-order valence-electron chi connectivity index (χ0n) is 19.4. The number of ether oxygens (including phenoxy) is 2. The Hall–Kier alpha value is -2.52. The molecule has 1 N–H and O–H groups in total. The molecule has 0 radical (unpaired) electrons. The van der Waals surface area contributed by atoms with Crippen LogP contribution >= 0.6 is 23.1 Å². The van der Waals surface area contributed by atoms with Crippen molar-refractivity contribution in [3.63, 3.8) is 0 Å². The summed E-state index contributed by atoms with van der Waals surface area (Å²) in [4.78, 5) is 32.7. The molecule has 1 aliphatic rings. The number of nitrogens with zero attached hydrogens (tertiary/aromatic N) is 2. The topological polar surface area (TPSA) is 82.5 Å². The maximum absolute atomic E-state index is 13.3. The molecular weight excluding hydrogens is 458 g/mol. The standard InChI is InChI=1S/C24H29N3O4S2/c1-5-27-23(29)21-16-8-6-14(2)10-19(16)33-22(21)26-24(27)32-13-20(28)25-12-15-7-9-17(30-3)18(11-15)31-4/h7,9,11,14H,5-6,8,10,12-13H2,1-4H3,(H,25,28). The van der Waals surface area contributed by atoms with Gasteiger partial charge in [-0.05, 0) is 55.4 Å². The summed E-state index contributed by atoms with van der Waals surface area (Å²) in [5, 5.41) is 4.31. The smallest absolute Gasteiger partial charge is 0.263 e. The molecule has 1 atom stereocenters. The van der Waals surface area contributed by atoms with E-state index in [1.54, 1.807) is 30.1 Å². The Bertz CT molecular complexity index is 1230. The van der Waals surface area contributed by atoms with Gasteiger partial charge in [-0.2, -0.15) is 0 Å². The molecule has 0 spiro atoms. The van der Waals surface area contributed by atoms with Crippen LogP contribution in [-0.2, 0) is 30.7 Å². The summed E-state index contributed by atoms with van der Waals surface area (Å²) in [6, 6.07) is 5.55. The molecule has 0 saturated heterocycles. The van der Waals surface area contributed by atoms with E-state index in [1.165, 1.54) is 22.2 Å². The van der Waals surface area contributed by atoms with E-state index in [0.717, 1.165) is 35.0 Å². The summed E-state index contributed by atoms with van der Waals surface area (Å²) < 4.78 is 12.3. The van der Waals surface area contributed by atoms with Crippen LogP contribution in [0.2, 0.25) is 0 Å². The first kappa shape index (κ1) is 23.6. The zero-order chi connectivity index (χ0) is 23.5. The Labute approximate surface area is 201 Å². The molecule has 0 saturated carbocycles. The number of fused-ring (bicyclic) bond motifs is 3. The molecule has 1 unspecified atom stereocenters. The van der Waals surface area contributed by atoms with Crippen LogP contribution in [0.5, 0.6) is 11.5 Å². The Morgan fingerprint density at radius 1 is 1.30 bits per heavy atom. The zero-order valence-corrected chi connectivity index (χ0v) is 21.0. The van der Waals surface area contributed by atoms with Crippen LogP contribution in [0.3, 0.4) is 0 Å². The van der Waals surface area contributed by atoms with Gasteiger partial charge >= 0.3 is 0 Å². The number of benzene rings is 1. The average molecular weight is 488 g/mol. The lowest BCUT2D eigenvalue weighted by Crippen LogP contribution is -2.26. The largest absolute Gasteiger partial charge is 0.493 e. The van der Waals surface area contributed by atoms with E-state index >= 15 is 0 Å². The van der Waals surface area contributed by atoms with Gasteiger partial charge in [0.15, 0.2) is 16.7 Å². The SMILES string of the molecule is CCn1c(SCC(=O)NCc2ccc(OC)c(OC)c2)nc2sc3c(c2c1=O)CCC(C)C3. The number of hydrogen-bond donors (Lipinski definition) is 1. The summed E-state index contributed by atoms with van der Waals surface area (Å²) in [6.45, 7) is 5.10. The third-order valence-corrected chi connectivity index (χ3v) is 8.09. The second-order valence-corrected chi connectivity index (χ2v) is 10.3. The summed E-state index contributed by atoms with van der Waals surface area (Å²) in [7, 11) is 3.17. The quantitative estimate of drug-likeness (QED) is 0.382. The van der Waals surface area contributed by atoms with Gasteiger partial charge in [0.2, 0.25) is 5.91 Å². The van der Waals surface area contributed by atoms with Gasteiger partial charge in [-0.15, -0.1) is 11.3 Å². The van der Waals surface area contributed by atoms with Crippen LogP contribution in [0.15, 0.2) is 28.2 Å². The van der Waals surface area contributed by atoms with E-state index in [0.29, 0.717) is 35.7 Å². The molecule has 7 nitrogen and oxygen atoms in total. The number of carbonyl (C=O) groups excluding carboxylic acids is 1. The third kappa shape index (κ3) is 4.89. The van der Waals surface area contributed by atoms with E-state index in [-0.39, 0.29) is 17.2 Å².